The molecule has 1 aromatic carbocycles. The van der Waals surface area contributed by atoms with Crippen molar-refractivity contribution in [1.29, 1.82) is 0 Å². The summed E-state index contributed by atoms with van der Waals surface area (Å²) < 4.78 is 1.55. The fourth-order valence-electron chi connectivity index (χ4n) is 2.51. The molecule has 0 saturated carbocycles. The summed E-state index contributed by atoms with van der Waals surface area (Å²) in [6.45, 7) is 0. The number of fused-ring (bicyclic) bond motifs is 1. The maximum atomic E-state index is 12.0. The number of carbonyl (C=O) groups excluding carboxylic acids is 1. The highest BCUT2D eigenvalue weighted by molar-refractivity contribution is 5.99. The topological polar surface area (TPSA) is 51.1 Å². The number of pyridine rings is 1. The third kappa shape index (κ3) is 1.95. The number of nitrogens with zero attached hydrogens (tertiary/aromatic N) is 1. The standard InChI is InChI=1S/C15H14N2O2/c1-17-8-4-5-10(15(17)19)9-13-11-6-2-3-7-12(11)14(18)16-13/h2-8,13H,9H2,1H3,(H,16,18). The van der Waals surface area contributed by atoms with Crippen LogP contribution < -0.4 is 10.9 Å². The van der Waals surface area contributed by atoms with Crippen LogP contribution in [0.4, 0.5) is 0 Å². The predicted octanol–water partition coefficient (Wildman–Crippen LogP) is 1.41. The van der Waals surface area contributed by atoms with E-state index in [1.807, 2.05) is 36.4 Å². The Morgan fingerprint density at radius 2 is 1.95 bits per heavy atom. The number of hydrogen-bond donors (Lipinski definition) is 1. The Morgan fingerprint density at radius 3 is 2.79 bits per heavy atom. The number of aryl methyl sites for hydroxylation is 1. The first-order valence-electron chi connectivity index (χ1n) is 6.21. The second-order valence-corrected chi connectivity index (χ2v) is 4.77. The number of benzene rings is 1. The lowest BCUT2D eigenvalue weighted by atomic mass is 9.99. The molecule has 0 aliphatic carbocycles. The third-order valence-electron chi connectivity index (χ3n) is 3.51. The monoisotopic (exact) mass is 254 g/mol. The van der Waals surface area contributed by atoms with Crippen LogP contribution in [0.1, 0.15) is 27.5 Å². The summed E-state index contributed by atoms with van der Waals surface area (Å²) >= 11 is 0. The first-order chi connectivity index (χ1) is 9.16. The number of nitrogens with one attached hydrogen (secondary N) is 1. The van der Waals surface area contributed by atoms with Crippen molar-refractivity contribution in [3.8, 4) is 0 Å². The Kier molecular flexibility index (Phi) is 2.71. The van der Waals surface area contributed by atoms with E-state index in [1.165, 1.54) is 0 Å². The quantitative estimate of drug-likeness (QED) is 0.881. The van der Waals surface area contributed by atoms with Crippen molar-refractivity contribution in [3.05, 3.63) is 69.6 Å². The molecule has 4 nitrogen and oxygen atoms in total. The summed E-state index contributed by atoms with van der Waals surface area (Å²) in [6.07, 6.45) is 2.25. The molecule has 19 heavy (non-hydrogen) atoms. The Bertz CT molecular complexity index is 703. The molecule has 4 heteroatoms. The van der Waals surface area contributed by atoms with Gasteiger partial charge >= 0.3 is 0 Å². The molecule has 1 N–H and O–H groups in total. The molecule has 0 spiro atoms. The Hall–Kier alpha value is -2.36. The van der Waals surface area contributed by atoms with Crippen LogP contribution in [0.5, 0.6) is 0 Å². The molecule has 1 aromatic heterocycles. The van der Waals surface area contributed by atoms with Gasteiger partial charge in [0.2, 0.25) is 0 Å². The van der Waals surface area contributed by atoms with Gasteiger partial charge in [-0.3, -0.25) is 9.59 Å². The summed E-state index contributed by atoms with van der Waals surface area (Å²) in [4.78, 5) is 23.8. The van der Waals surface area contributed by atoms with Gasteiger partial charge in [-0.1, -0.05) is 24.3 Å². The molecular formula is C15H14N2O2. The lowest BCUT2D eigenvalue weighted by Crippen LogP contribution is -2.26. The molecule has 0 saturated heterocycles. The highest BCUT2D eigenvalue weighted by atomic mass is 16.2. The molecule has 1 aliphatic heterocycles. The van der Waals surface area contributed by atoms with Crippen molar-refractivity contribution >= 4 is 5.91 Å². The Morgan fingerprint density at radius 1 is 1.16 bits per heavy atom. The lowest BCUT2D eigenvalue weighted by Gasteiger charge is -2.11. The molecule has 3 rings (SSSR count). The summed E-state index contributed by atoms with van der Waals surface area (Å²) in [5.74, 6) is -0.0617. The van der Waals surface area contributed by atoms with Gasteiger partial charge in [-0.05, 0) is 17.7 Å². The summed E-state index contributed by atoms with van der Waals surface area (Å²) in [5, 5.41) is 2.93. The number of amides is 1. The molecule has 1 aliphatic rings. The molecule has 0 fully saturated rings. The zero-order valence-electron chi connectivity index (χ0n) is 10.6. The van der Waals surface area contributed by atoms with E-state index < -0.39 is 0 Å². The number of rotatable bonds is 2. The van der Waals surface area contributed by atoms with Crippen LogP contribution in [0, 0.1) is 0 Å². The van der Waals surface area contributed by atoms with Crippen molar-refractivity contribution in [2.24, 2.45) is 7.05 Å². The van der Waals surface area contributed by atoms with E-state index in [4.69, 9.17) is 0 Å². The Balaban J connectivity index is 1.96. The van der Waals surface area contributed by atoms with Crippen LogP contribution in [-0.4, -0.2) is 10.5 Å². The normalized spacial score (nSPS) is 17.1. The van der Waals surface area contributed by atoms with Crippen molar-refractivity contribution in [3.63, 3.8) is 0 Å². The van der Waals surface area contributed by atoms with Crippen molar-refractivity contribution in [2.75, 3.05) is 0 Å². The second kappa shape index (κ2) is 4.39. The minimum absolute atomic E-state index is 0.0128. The van der Waals surface area contributed by atoms with E-state index >= 15 is 0 Å². The maximum absolute atomic E-state index is 12.0. The Labute approximate surface area is 110 Å². The minimum Gasteiger partial charge on any atom is -0.345 e. The van der Waals surface area contributed by atoms with Gasteiger partial charge in [0.05, 0.1) is 6.04 Å². The first-order valence-corrected chi connectivity index (χ1v) is 6.21. The van der Waals surface area contributed by atoms with Gasteiger partial charge in [0.25, 0.3) is 11.5 Å². The van der Waals surface area contributed by atoms with Gasteiger partial charge in [-0.2, -0.15) is 0 Å². The summed E-state index contributed by atoms with van der Waals surface area (Å²) in [7, 11) is 1.73. The number of hydrogen-bond acceptors (Lipinski definition) is 2. The molecule has 1 unspecified atom stereocenters. The molecule has 0 radical (unpaired) electrons. The summed E-state index contributed by atoms with van der Waals surface area (Å²) in [5.41, 5.74) is 2.38. The van der Waals surface area contributed by atoms with Gasteiger partial charge in [0, 0.05) is 30.8 Å². The minimum atomic E-state index is -0.112. The first kappa shape index (κ1) is 11.7. The van der Waals surface area contributed by atoms with E-state index in [2.05, 4.69) is 5.32 Å². The lowest BCUT2D eigenvalue weighted by molar-refractivity contribution is 0.0956. The number of carbonyl (C=O) groups is 1. The zero-order valence-corrected chi connectivity index (χ0v) is 10.6. The van der Waals surface area contributed by atoms with Crippen LogP contribution in [0.3, 0.4) is 0 Å². The number of aromatic nitrogens is 1. The smallest absolute Gasteiger partial charge is 0.253 e. The highest BCUT2D eigenvalue weighted by Crippen LogP contribution is 2.27. The average Bonchev–Trinajstić information content (AvgIpc) is 2.73. The molecule has 1 atom stereocenters. The van der Waals surface area contributed by atoms with Crippen LogP contribution in [0.2, 0.25) is 0 Å². The van der Waals surface area contributed by atoms with Crippen molar-refractivity contribution in [1.82, 2.24) is 9.88 Å². The van der Waals surface area contributed by atoms with Crippen molar-refractivity contribution < 1.29 is 4.79 Å². The molecule has 0 bridgehead atoms. The molecule has 96 valence electrons. The molecule has 2 heterocycles. The van der Waals surface area contributed by atoms with Crippen LogP contribution in [0.25, 0.3) is 0 Å². The second-order valence-electron chi connectivity index (χ2n) is 4.77. The van der Waals surface area contributed by atoms with Crippen LogP contribution >= 0.6 is 0 Å². The van der Waals surface area contributed by atoms with Gasteiger partial charge in [0.15, 0.2) is 0 Å². The van der Waals surface area contributed by atoms with Gasteiger partial charge in [-0.25, -0.2) is 0 Å². The maximum Gasteiger partial charge on any atom is 0.253 e. The van der Waals surface area contributed by atoms with Gasteiger partial charge < -0.3 is 9.88 Å². The third-order valence-corrected chi connectivity index (χ3v) is 3.51. The fourth-order valence-corrected chi connectivity index (χ4v) is 2.51. The van der Waals surface area contributed by atoms with Crippen LogP contribution in [-0.2, 0) is 13.5 Å². The van der Waals surface area contributed by atoms with E-state index in [-0.39, 0.29) is 17.5 Å². The molecule has 1 amide bonds. The van der Waals surface area contributed by atoms with E-state index in [0.717, 1.165) is 5.56 Å². The summed E-state index contributed by atoms with van der Waals surface area (Å²) in [6, 6.07) is 11.1. The highest BCUT2D eigenvalue weighted by Gasteiger charge is 2.28. The largest absolute Gasteiger partial charge is 0.345 e. The zero-order chi connectivity index (χ0) is 13.4. The molecular weight excluding hydrogens is 240 g/mol. The van der Waals surface area contributed by atoms with E-state index in [1.54, 1.807) is 17.8 Å². The predicted molar refractivity (Wildman–Crippen MR) is 72.0 cm³/mol. The van der Waals surface area contributed by atoms with Gasteiger partial charge in [-0.15, -0.1) is 0 Å². The van der Waals surface area contributed by atoms with Crippen molar-refractivity contribution in [2.45, 2.75) is 12.5 Å². The van der Waals surface area contributed by atoms with E-state index in [9.17, 15) is 9.59 Å². The molecule has 2 aromatic rings. The SMILES string of the molecule is Cn1cccc(CC2NC(=O)c3ccccc32)c1=O. The van der Waals surface area contributed by atoms with E-state index in [0.29, 0.717) is 17.5 Å². The van der Waals surface area contributed by atoms with Gasteiger partial charge in [0.1, 0.15) is 0 Å². The average molecular weight is 254 g/mol. The fraction of sp³-hybridized carbons (Fsp3) is 0.200. The van der Waals surface area contributed by atoms with Crippen LogP contribution in [0.15, 0.2) is 47.4 Å².